The molecule has 5 heteroatoms. The van der Waals surface area contributed by atoms with Crippen molar-refractivity contribution in [3.05, 3.63) is 29.3 Å². The first kappa shape index (κ1) is 15.4. The van der Waals surface area contributed by atoms with Crippen molar-refractivity contribution in [3.63, 3.8) is 0 Å². The summed E-state index contributed by atoms with van der Waals surface area (Å²) in [4.78, 5) is 0. The van der Waals surface area contributed by atoms with E-state index in [0.717, 1.165) is 18.9 Å². The van der Waals surface area contributed by atoms with Crippen LogP contribution in [0.15, 0.2) is 18.2 Å². The van der Waals surface area contributed by atoms with Gasteiger partial charge in [0.05, 0.1) is 17.2 Å². The standard InChI is InChI=1S/C14H17F3N2/c1-3-4-10(2)9-19-12-6-5-11(8-18)13(7-12)14(15,16)17/h5-7,10,19H,3-4,9H2,1-2H3. The molecule has 0 radical (unpaired) electrons. The number of nitrogens with one attached hydrogen (secondary N) is 1. The quantitative estimate of drug-likeness (QED) is 0.859. The molecule has 1 aromatic rings. The Hall–Kier alpha value is -1.70. The first-order valence-electron chi connectivity index (χ1n) is 6.23. The lowest BCUT2D eigenvalue weighted by Gasteiger charge is -2.15. The number of nitriles is 1. The summed E-state index contributed by atoms with van der Waals surface area (Å²) >= 11 is 0. The molecule has 19 heavy (non-hydrogen) atoms. The fraction of sp³-hybridized carbons (Fsp3) is 0.500. The molecule has 0 aromatic heterocycles. The Bertz CT molecular complexity index is 461. The van der Waals surface area contributed by atoms with E-state index in [1.165, 1.54) is 12.1 Å². The zero-order chi connectivity index (χ0) is 14.5. The normalized spacial score (nSPS) is 12.8. The number of hydrogen-bond donors (Lipinski definition) is 1. The average molecular weight is 270 g/mol. The first-order valence-corrected chi connectivity index (χ1v) is 6.23. The van der Waals surface area contributed by atoms with Crippen LogP contribution in [0.1, 0.15) is 37.8 Å². The van der Waals surface area contributed by atoms with Crippen LogP contribution >= 0.6 is 0 Å². The summed E-state index contributed by atoms with van der Waals surface area (Å²) in [6.07, 6.45) is -2.43. The van der Waals surface area contributed by atoms with Gasteiger partial charge in [0, 0.05) is 12.2 Å². The summed E-state index contributed by atoms with van der Waals surface area (Å²) in [6, 6.07) is 5.27. The molecule has 0 saturated carbocycles. The monoisotopic (exact) mass is 270 g/mol. The number of rotatable bonds is 5. The second-order valence-corrected chi connectivity index (χ2v) is 4.64. The molecule has 0 spiro atoms. The first-order chi connectivity index (χ1) is 8.88. The molecule has 0 aliphatic heterocycles. The molecule has 0 bridgehead atoms. The number of anilines is 1. The van der Waals surface area contributed by atoms with Crippen LogP contribution in [-0.2, 0) is 6.18 Å². The van der Waals surface area contributed by atoms with E-state index in [-0.39, 0.29) is 5.56 Å². The fourth-order valence-corrected chi connectivity index (χ4v) is 1.87. The van der Waals surface area contributed by atoms with Crippen molar-refractivity contribution >= 4 is 5.69 Å². The Labute approximate surface area is 111 Å². The van der Waals surface area contributed by atoms with Gasteiger partial charge in [-0.2, -0.15) is 18.4 Å². The van der Waals surface area contributed by atoms with Crippen molar-refractivity contribution in [2.24, 2.45) is 5.92 Å². The van der Waals surface area contributed by atoms with Gasteiger partial charge in [0.25, 0.3) is 0 Å². The maximum Gasteiger partial charge on any atom is 0.417 e. The van der Waals surface area contributed by atoms with Crippen molar-refractivity contribution in [2.45, 2.75) is 32.9 Å². The van der Waals surface area contributed by atoms with E-state index < -0.39 is 11.7 Å². The summed E-state index contributed by atoms with van der Waals surface area (Å²) in [5.74, 6) is 0.398. The van der Waals surface area contributed by atoms with Crippen molar-refractivity contribution in [1.82, 2.24) is 0 Å². The van der Waals surface area contributed by atoms with Gasteiger partial charge in [-0.3, -0.25) is 0 Å². The van der Waals surface area contributed by atoms with Crippen LogP contribution in [0.4, 0.5) is 18.9 Å². The number of alkyl halides is 3. The number of nitrogens with zero attached hydrogens (tertiary/aromatic N) is 1. The van der Waals surface area contributed by atoms with Crippen LogP contribution in [0.25, 0.3) is 0 Å². The highest BCUT2D eigenvalue weighted by atomic mass is 19.4. The molecule has 1 unspecified atom stereocenters. The number of benzene rings is 1. The molecule has 0 fully saturated rings. The maximum atomic E-state index is 12.8. The smallest absolute Gasteiger partial charge is 0.385 e. The second-order valence-electron chi connectivity index (χ2n) is 4.64. The molecule has 0 saturated heterocycles. The molecule has 0 amide bonds. The molecule has 1 aromatic carbocycles. The van der Waals surface area contributed by atoms with E-state index >= 15 is 0 Å². The van der Waals surface area contributed by atoms with Crippen molar-refractivity contribution in [3.8, 4) is 6.07 Å². The van der Waals surface area contributed by atoms with Gasteiger partial charge in [-0.15, -0.1) is 0 Å². The average Bonchev–Trinajstić information content (AvgIpc) is 2.35. The minimum absolute atomic E-state index is 0.348. The molecule has 0 aliphatic carbocycles. The highest BCUT2D eigenvalue weighted by Crippen LogP contribution is 2.33. The molecule has 1 N–H and O–H groups in total. The van der Waals surface area contributed by atoms with E-state index in [2.05, 4.69) is 12.2 Å². The third kappa shape index (κ3) is 4.47. The van der Waals surface area contributed by atoms with Crippen LogP contribution in [0, 0.1) is 17.2 Å². The highest BCUT2D eigenvalue weighted by molar-refractivity contribution is 5.53. The van der Waals surface area contributed by atoms with Crippen LogP contribution in [0.3, 0.4) is 0 Å². The van der Waals surface area contributed by atoms with E-state index in [4.69, 9.17) is 5.26 Å². The molecule has 104 valence electrons. The van der Waals surface area contributed by atoms with Crippen molar-refractivity contribution in [1.29, 1.82) is 5.26 Å². The number of hydrogen-bond acceptors (Lipinski definition) is 2. The molecule has 1 rings (SSSR count). The van der Waals surface area contributed by atoms with Crippen LogP contribution in [-0.4, -0.2) is 6.54 Å². The summed E-state index contributed by atoms with van der Waals surface area (Å²) in [5.41, 5.74) is -0.836. The summed E-state index contributed by atoms with van der Waals surface area (Å²) in [5, 5.41) is 11.7. The Balaban J connectivity index is 2.85. The molecular formula is C14H17F3N2. The van der Waals surface area contributed by atoms with Crippen molar-refractivity contribution in [2.75, 3.05) is 11.9 Å². The Morgan fingerprint density at radius 1 is 1.37 bits per heavy atom. The molecule has 2 nitrogen and oxygen atoms in total. The topological polar surface area (TPSA) is 35.8 Å². The van der Waals surface area contributed by atoms with Gasteiger partial charge < -0.3 is 5.32 Å². The van der Waals surface area contributed by atoms with Gasteiger partial charge >= 0.3 is 6.18 Å². The minimum atomic E-state index is -4.50. The largest absolute Gasteiger partial charge is 0.417 e. The molecule has 0 heterocycles. The van der Waals surface area contributed by atoms with Crippen LogP contribution in [0.5, 0.6) is 0 Å². The van der Waals surface area contributed by atoms with E-state index in [1.54, 1.807) is 6.07 Å². The van der Waals surface area contributed by atoms with Crippen molar-refractivity contribution < 1.29 is 13.2 Å². The lowest BCUT2D eigenvalue weighted by molar-refractivity contribution is -0.137. The summed E-state index contributed by atoms with van der Waals surface area (Å²) in [7, 11) is 0. The van der Waals surface area contributed by atoms with Gasteiger partial charge in [-0.25, -0.2) is 0 Å². The molecule has 0 aliphatic rings. The predicted molar refractivity (Wildman–Crippen MR) is 68.7 cm³/mol. The Morgan fingerprint density at radius 2 is 2.05 bits per heavy atom. The lowest BCUT2D eigenvalue weighted by Crippen LogP contribution is -2.13. The summed E-state index contributed by atoms with van der Waals surface area (Å²) in [6.45, 7) is 4.74. The minimum Gasteiger partial charge on any atom is -0.385 e. The summed E-state index contributed by atoms with van der Waals surface area (Å²) < 4.78 is 38.3. The molecule has 1 atom stereocenters. The second kappa shape index (κ2) is 6.46. The third-order valence-electron chi connectivity index (χ3n) is 2.88. The van der Waals surface area contributed by atoms with E-state index in [0.29, 0.717) is 18.2 Å². The predicted octanol–water partition coefficient (Wildman–Crippen LogP) is 4.43. The van der Waals surface area contributed by atoms with Gasteiger partial charge in [0.1, 0.15) is 0 Å². The van der Waals surface area contributed by atoms with Gasteiger partial charge in [-0.1, -0.05) is 20.3 Å². The van der Waals surface area contributed by atoms with Crippen LogP contribution < -0.4 is 5.32 Å². The van der Waals surface area contributed by atoms with Crippen LogP contribution in [0.2, 0.25) is 0 Å². The highest BCUT2D eigenvalue weighted by Gasteiger charge is 2.33. The zero-order valence-corrected chi connectivity index (χ0v) is 11.0. The SMILES string of the molecule is CCCC(C)CNc1ccc(C#N)c(C(F)(F)F)c1. The van der Waals surface area contributed by atoms with Gasteiger partial charge in [0.2, 0.25) is 0 Å². The Morgan fingerprint density at radius 3 is 2.58 bits per heavy atom. The fourth-order valence-electron chi connectivity index (χ4n) is 1.87. The van der Waals surface area contributed by atoms with Gasteiger partial charge in [0.15, 0.2) is 0 Å². The van der Waals surface area contributed by atoms with E-state index in [1.807, 2.05) is 6.92 Å². The zero-order valence-electron chi connectivity index (χ0n) is 11.0. The molecular weight excluding hydrogens is 253 g/mol. The maximum absolute atomic E-state index is 12.8. The Kier molecular flexibility index (Phi) is 5.22. The van der Waals surface area contributed by atoms with E-state index in [9.17, 15) is 13.2 Å². The van der Waals surface area contributed by atoms with Gasteiger partial charge in [-0.05, 0) is 30.5 Å². The lowest BCUT2D eigenvalue weighted by atomic mass is 10.0. The third-order valence-corrected chi connectivity index (χ3v) is 2.88. The number of halogens is 3.